The van der Waals surface area contributed by atoms with Gasteiger partial charge >= 0.3 is 5.97 Å². The third kappa shape index (κ3) is 4.76. The van der Waals surface area contributed by atoms with Crippen molar-refractivity contribution in [1.29, 1.82) is 0 Å². The first-order chi connectivity index (χ1) is 17.5. The molecule has 194 valence electrons. The molecule has 3 aliphatic rings. The van der Waals surface area contributed by atoms with E-state index in [1.807, 2.05) is 32.0 Å². The standard InChI is InChI=1S/C28H28Br2N2O5/c1-14-4-6-23(15(2)8-14)31-13-17(10-25(31)33)28(36)37-18-5-7-24(16(3)9-18)32-26(34)19-11-21(29)22(30)12-20(19)27(32)35/h4-9,17,19-22H,10-13H2,1-3H3/t17-,19-,20-,21+,22+/m1/s1. The molecule has 5 atom stereocenters. The van der Waals surface area contributed by atoms with Crippen LogP contribution in [0.4, 0.5) is 11.4 Å². The topological polar surface area (TPSA) is 84.0 Å². The van der Waals surface area contributed by atoms with Crippen LogP contribution in [0.5, 0.6) is 5.75 Å². The van der Waals surface area contributed by atoms with Crippen LogP contribution in [0.1, 0.15) is 36.0 Å². The van der Waals surface area contributed by atoms with Crippen LogP contribution in [0.3, 0.4) is 0 Å². The monoisotopic (exact) mass is 630 g/mol. The molecule has 2 saturated heterocycles. The summed E-state index contributed by atoms with van der Waals surface area (Å²) >= 11 is 7.23. The molecule has 0 radical (unpaired) electrons. The highest BCUT2D eigenvalue weighted by Crippen LogP contribution is 2.45. The SMILES string of the molecule is Cc1ccc(N2C[C@H](C(=O)Oc3ccc(N4C(=O)[C@@H]5C[C@H](Br)[C@@H](Br)C[C@H]5C4=O)c(C)c3)CC2=O)c(C)c1. The fourth-order valence-corrected chi connectivity index (χ4v) is 6.92. The second-order valence-corrected chi connectivity index (χ2v) is 12.6. The van der Waals surface area contributed by atoms with Crippen LogP contribution in [-0.2, 0) is 19.2 Å². The zero-order chi connectivity index (χ0) is 26.6. The van der Waals surface area contributed by atoms with Gasteiger partial charge in [0, 0.05) is 28.3 Å². The smallest absolute Gasteiger partial charge is 0.316 e. The number of alkyl halides is 2. The Labute approximate surface area is 232 Å². The lowest BCUT2D eigenvalue weighted by Crippen LogP contribution is -2.34. The lowest BCUT2D eigenvalue weighted by Gasteiger charge is -2.29. The molecule has 0 unspecified atom stereocenters. The van der Waals surface area contributed by atoms with Crippen molar-refractivity contribution in [2.45, 2.75) is 49.7 Å². The third-order valence-corrected chi connectivity index (χ3v) is 10.4. The van der Waals surface area contributed by atoms with Gasteiger partial charge in [0.2, 0.25) is 17.7 Å². The van der Waals surface area contributed by atoms with E-state index in [0.29, 0.717) is 29.8 Å². The van der Waals surface area contributed by atoms with Gasteiger partial charge in [0.15, 0.2) is 0 Å². The molecular weight excluding hydrogens is 604 g/mol. The molecule has 7 nitrogen and oxygen atoms in total. The first-order valence-electron chi connectivity index (χ1n) is 12.4. The number of imide groups is 1. The van der Waals surface area contributed by atoms with Crippen molar-refractivity contribution in [3.8, 4) is 5.75 Å². The molecule has 0 aromatic heterocycles. The van der Waals surface area contributed by atoms with E-state index in [0.717, 1.165) is 16.8 Å². The molecule has 2 heterocycles. The quantitative estimate of drug-likeness (QED) is 0.205. The van der Waals surface area contributed by atoms with Crippen molar-refractivity contribution in [3.63, 3.8) is 0 Å². The molecule has 0 bridgehead atoms. The van der Waals surface area contributed by atoms with Crippen LogP contribution in [0, 0.1) is 38.5 Å². The van der Waals surface area contributed by atoms with Crippen LogP contribution in [-0.4, -0.2) is 39.9 Å². The number of aryl methyl sites for hydroxylation is 3. The summed E-state index contributed by atoms with van der Waals surface area (Å²) in [5.41, 5.74) is 4.08. The average molecular weight is 632 g/mol. The Kier molecular flexibility index (Phi) is 7.04. The van der Waals surface area contributed by atoms with Gasteiger partial charge in [-0.2, -0.15) is 0 Å². The third-order valence-electron chi connectivity index (χ3n) is 7.64. The highest BCUT2D eigenvalue weighted by molar-refractivity contribution is 9.12. The van der Waals surface area contributed by atoms with E-state index >= 15 is 0 Å². The van der Waals surface area contributed by atoms with Crippen LogP contribution < -0.4 is 14.5 Å². The summed E-state index contributed by atoms with van der Waals surface area (Å²) < 4.78 is 5.64. The molecule has 2 aromatic rings. The maximum Gasteiger partial charge on any atom is 0.316 e. The summed E-state index contributed by atoms with van der Waals surface area (Å²) in [5, 5.41) is 0. The first-order valence-corrected chi connectivity index (χ1v) is 14.2. The number of benzene rings is 2. The lowest BCUT2D eigenvalue weighted by molar-refractivity contribution is -0.139. The van der Waals surface area contributed by atoms with Crippen LogP contribution in [0.25, 0.3) is 0 Å². The van der Waals surface area contributed by atoms with Gasteiger partial charge in [0.05, 0.1) is 23.4 Å². The number of halogens is 2. The Morgan fingerprint density at radius 1 is 0.865 bits per heavy atom. The highest BCUT2D eigenvalue weighted by atomic mass is 79.9. The second kappa shape index (κ2) is 9.98. The molecule has 2 aromatic carbocycles. The van der Waals surface area contributed by atoms with Crippen molar-refractivity contribution in [2.75, 3.05) is 16.3 Å². The maximum absolute atomic E-state index is 13.2. The predicted octanol–water partition coefficient (Wildman–Crippen LogP) is 5.00. The predicted molar refractivity (Wildman–Crippen MR) is 147 cm³/mol. The molecule has 1 saturated carbocycles. The summed E-state index contributed by atoms with van der Waals surface area (Å²) in [7, 11) is 0. The zero-order valence-corrected chi connectivity index (χ0v) is 24.0. The largest absolute Gasteiger partial charge is 0.426 e. The average Bonchev–Trinajstić information content (AvgIpc) is 3.32. The second-order valence-electron chi connectivity index (χ2n) is 10.3. The summed E-state index contributed by atoms with van der Waals surface area (Å²) in [6.45, 7) is 6.00. The number of hydrogen-bond donors (Lipinski definition) is 0. The van der Waals surface area contributed by atoms with E-state index in [9.17, 15) is 19.2 Å². The molecular formula is C28H28Br2N2O5. The first kappa shape index (κ1) is 26.1. The van der Waals surface area contributed by atoms with E-state index in [-0.39, 0.29) is 52.2 Å². The number of anilines is 2. The molecule has 1 aliphatic carbocycles. The number of ether oxygens (including phenoxy) is 1. The van der Waals surface area contributed by atoms with Crippen molar-refractivity contribution in [1.82, 2.24) is 0 Å². The molecule has 0 N–H and O–H groups in total. The highest BCUT2D eigenvalue weighted by Gasteiger charge is 2.52. The Morgan fingerprint density at radius 3 is 2.05 bits per heavy atom. The molecule has 3 fully saturated rings. The maximum atomic E-state index is 13.2. The Bertz CT molecular complexity index is 1280. The molecule has 5 rings (SSSR count). The number of esters is 1. The number of rotatable bonds is 4. The normalized spacial score (nSPS) is 27.6. The number of carbonyl (C=O) groups excluding carboxylic acids is 4. The van der Waals surface area contributed by atoms with Gasteiger partial charge in [-0.15, -0.1) is 0 Å². The van der Waals surface area contributed by atoms with E-state index in [2.05, 4.69) is 31.9 Å². The molecule has 9 heteroatoms. The van der Waals surface area contributed by atoms with Gasteiger partial charge in [-0.25, -0.2) is 4.90 Å². The van der Waals surface area contributed by atoms with Crippen LogP contribution in [0.2, 0.25) is 0 Å². The number of carbonyl (C=O) groups is 4. The lowest BCUT2D eigenvalue weighted by atomic mass is 9.81. The Balaban J connectivity index is 1.28. The van der Waals surface area contributed by atoms with E-state index in [1.165, 1.54) is 4.90 Å². The zero-order valence-electron chi connectivity index (χ0n) is 20.9. The van der Waals surface area contributed by atoms with E-state index in [4.69, 9.17) is 4.74 Å². The molecule has 3 amide bonds. The Hall–Kier alpha value is -2.52. The van der Waals surface area contributed by atoms with E-state index < -0.39 is 11.9 Å². The summed E-state index contributed by atoms with van der Waals surface area (Å²) in [4.78, 5) is 55.2. The minimum atomic E-state index is -0.576. The van der Waals surface area contributed by atoms with Gasteiger partial charge in [0.25, 0.3) is 0 Å². The minimum Gasteiger partial charge on any atom is -0.426 e. The van der Waals surface area contributed by atoms with Gasteiger partial charge in [-0.05, 0) is 69.0 Å². The van der Waals surface area contributed by atoms with Crippen molar-refractivity contribution in [3.05, 3.63) is 53.1 Å². The minimum absolute atomic E-state index is 0.0892. The van der Waals surface area contributed by atoms with Gasteiger partial charge in [-0.3, -0.25) is 19.2 Å². The number of hydrogen-bond acceptors (Lipinski definition) is 5. The number of fused-ring (bicyclic) bond motifs is 1. The molecule has 37 heavy (non-hydrogen) atoms. The van der Waals surface area contributed by atoms with Gasteiger partial charge in [-0.1, -0.05) is 49.6 Å². The van der Waals surface area contributed by atoms with Crippen LogP contribution >= 0.6 is 31.9 Å². The van der Waals surface area contributed by atoms with Crippen molar-refractivity contribution >= 4 is 66.9 Å². The Morgan fingerprint density at radius 2 is 1.46 bits per heavy atom. The fourth-order valence-electron chi connectivity index (χ4n) is 5.68. The number of amides is 3. The fraction of sp³-hybridized carbons (Fsp3) is 0.429. The summed E-state index contributed by atoms with van der Waals surface area (Å²) in [6.07, 6.45) is 1.30. The van der Waals surface area contributed by atoms with Crippen molar-refractivity contribution in [2.24, 2.45) is 17.8 Å². The van der Waals surface area contributed by atoms with Crippen LogP contribution in [0.15, 0.2) is 36.4 Å². The molecule has 0 spiro atoms. The van der Waals surface area contributed by atoms with Crippen molar-refractivity contribution < 1.29 is 23.9 Å². The number of nitrogens with zero attached hydrogens (tertiary/aromatic N) is 2. The van der Waals surface area contributed by atoms with Gasteiger partial charge < -0.3 is 9.64 Å². The van der Waals surface area contributed by atoms with Gasteiger partial charge in [0.1, 0.15) is 5.75 Å². The molecule has 2 aliphatic heterocycles. The van der Waals surface area contributed by atoms with E-state index in [1.54, 1.807) is 30.0 Å². The summed E-state index contributed by atoms with van der Waals surface area (Å²) in [6, 6.07) is 10.8. The summed E-state index contributed by atoms with van der Waals surface area (Å²) in [5.74, 6) is -1.85.